The molecule has 0 saturated carbocycles. The molecule has 2 atom stereocenters. The number of aromatic nitrogens is 2. The van der Waals surface area contributed by atoms with Crippen molar-refractivity contribution in [3.05, 3.63) is 111 Å². The summed E-state index contributed by atoms with van der Waals surface area (Å²) >= 11 is 6.50. The smallest absolute Gasteiger partial charge is 0.260 e. The summed E-state index contributed by atoms with van der Waals surface area (Å²) in [5, 5.41) is 10.2. The van der Waals surface area contributed by atoms with Crippen LogP contribution in [0, 0.1) is 16.0 Å². The molecule has 1 amide bonds. The number of pyridine rings is 2. The summed E-state index contributed by atoms with van der Waals surface area (Å²) in [6.07, 6.45) is 8.24. The molecule has 10 heteroatoms. The van der Waals surface area contributed by atoms with Crippen LogP contribution in [-0.2, 0) is 0 Å². The number of H-pyrrole nitrogens is 1. The minimum absolute atomic E-state index is 0.395. The van der Waals surface area contributed by atoms with E-state index < -0.39 is 5.91 Å². The molecule has 2 unspecified atom stereocenters. The van der Waals surface area contributed by atoms with Gasteiger partial charge in [-0.05, 0) is 48.9 Å². The summed E-state index contributed by atoms with van der Waals surface area (Å²) < 4.78 is 0.525. The van der Waals surface area contributed by atoms with Crippen molar-refractivity contribution < 1.29 is 4.79 Å². The molecule has 0 spiro atoms. The summed E-state index contributed by atoms with van der Waals surface area (Å²) in [5.41, 5.74) is 17.5. The molecular weight excluding hydrogens is 611 g/mol. The lowest BCUT2D eigenvalue weighted by atomic mass is 9.90. The molecule has 2 aromatic carbocycles. The van der Waals surface area contributed by atoms with Gasteiger partial charge in [0.25, 0.3) is 5.91 Å². The van der Waals surface area contributed by atoms with Crippen molar-refractivity contribution in [2.45, 2.75) is 37.5 Å². The van der Waals surface area contributed by atoms with Crippen molar-refractivity contribution in [1.82, 2.24) is 9.97 Å². The van der Waals surface area contributed by atoms with Crippen LogP contribution < -0.4 is 21.3 Å². The molecule has 46 heavy (non-hydrogen) atoms. The Morgan fingerprint density at radius 1 is 0.913 bits per heavy atom. The van der Waals surface area contributed by atoms with Gasteiger partial charge in [0.05, 0.1) is 22.4 Å². The van der Waals surface area contributed by atoms with Gasteiger partial charge in [-0.2, -0.15) is 5.26 Å². The monoisotopic (exact) mass is 647 g/mol. The first-order valence-electron chi connectivity index (χ1n) is 15.6. The Hall–Kier alpha value is -4.72. The van der Waals surface area contributed by atoms with E-state index in [-0.39, 0.29) is 0 Å². The zero-order valence-corrected chi connectivity index (χ0v) is 27.2. The molecular formula is C36H37N7OS2. The number of primary amides is 1. The Morgan fingerprint density at radius 3 is 2.07 bits per heavy atom. The number of carbonyl (C=O) groups is 1. The maximum Gasteiger partial charge on any atom is 0.260 e. The van der Waals surface area contributed by atoms with E-state index in [1.807, 2.05) is 30.5 Å². The van der Waals surface area contributed by atoms with Gasteiger partial charge in [-0.15, -0.1) is 11.3 Å². The number of nitrogens with one attached hydrogen (secondary N) is 1. The summed E-state index contributed by atoms with van der Waals surface area (Å²) in [6, 6.07) is 27.4. The second kappa shape index (κ2) is 14.1. The highest BCUT2D eigenvalue weighted by atomic mass is 32.1. The normalized spacial score (nSPS) is 18.0. The second-order valence-corrected chi connectivity index (χ2v) is 13.2. The molecule has 234 valence electrons. The minimum Gasteiger partial charge on any atom is -0.397 e. The van der Waals surface area contributed by atoms with Crippen molar-refractivity contribution in [3.63, 3.8) is 0 Å². The van der Waals surface area contributed by atoms with Crippen LogP contribution in [0.1, 0.15) is 63.9 Å². The van der Waals surface area contributed by atoms with E-state index in [1.54, 1.807) is 6.20 Å². The van der Waals surface area contributed by atoms with Gasteiger partial charge < -0.3 is 26.3 Å². The third kappa shape index (κ3) is 6.62. The number of hydrogen-bond donors (Lipinski definition) is 3. The van der Waals surface area contributed by atoms with Gasteiger partial charge in [0, 0.05) is 50.4 Å². The highest BCUT2D eigenvalue weighted by Gasteiger charge is 2.26. The summed E-state index contributed by atoms with van der Waals surface area (Å²) in [6.45, 7) is 3.84. The van der Waals surface area contributed by atoms with Gasteiger partial charge in [0.15, 0.2) is 0 Å². The second-order valence-electron chi connectivity index (χ2n) is 11.8. The van der Waals surface area contributed by atoms with E-state index in [0.717, 1.165) is 60.6 Å². The number of amides is 1. The molecule has 2 aliphatic heterocycles. The molecule has 5 heterocycles. The van der Waals surface area contributed by atoms with E-state index >= 15 is 0 Å². The molecule has 2 saturated heterocycles. The van der Waals surface area contributed by atoms with Gasteiger partial charge in [-0.25, -0.2) is 4.98 Å². The molecule has 8 nitrogen and oxygen atoms in total. The number of carbonyl (C=O) groups excluding carboxylic acids is 1. The van der Waals surface area contributed by atoms with Crippen molar-refractivity contribution >= 4 is 56.7 Å². The summed E-state index contributed by atoms with van der Waals surface area (Å²) in [4.78, 5) is 24.8. The fourth-order valence-corrected chi connectivity index (χ4v) is 7.86. The zero-order valence-electron chi connectivity index (χ0n) is 25.6. The van der Waals surface area contributed by atoms with Gasteiger partial charge in [0.2, 0.25) is 0 Å². The molecule has 2 fully saturated rings. The minimum atomic E-state index is -0.493. The summed E-state index contributed by atoms with van der Waals surface area (Å²) in [7, 11) is 0. The number of nitrogen functional groups attached to an aromatic ring is 1. The fraction of sp³-hybridized carbons (Fsp3) is 0.278. The van der Waals surface area contributed by atoms with Gasteiger partial charge in [-0.1, -0.05) is 72.9 Å². The highest BCUT2D eigenvalue weighted by molar-refractivity contribution is 7.71. The quantitative estimate of drug-likeness (QED) is 0.170. The third-order valence-corrected chi connectivity index (χ3v) is 10.4. The van der Waals surface area contributed by atoms with Crippen molar-refractivity contribution in [1.29, 1.82) is 5.26 Å². The Balaban J connectivity index is 0.000000164. The third-order valence-electron chi connectivity index (χ3n) is 8.95. The van der Waals surface area contributed by atoms with Crippen LogP contribution in [0.25, 0.3) is 10.2 Å². The highest BCUT2D eigenvalue weighted by Crippen LogP contribution is 2.40. The summed E-state index contributed by atoms with van der Waals surface area (Å²) in [5.74, 6) is 0.519. The standard InChI is InChI=1S/C19H20N4OS.C17H17N3S/c20-16-15-14(8-9-22-19(15)25-17(16)18(21)24)23-10-4-7-13(11-23)12-5-2-1-3-6-12;18-11-15-16(8-9-19-17(15)21)20-10-4-7-14(12-20)13-5-2-1-3-6-13/h1-3,5-6,8-9,13H,4,7,10-11,20H2,(H2,21,24);1-3,5-6,8-9,14H,4,7,10,12H2,(H,19,21). The average molecular weight is 648 g/mol. The molecule has 0 bridgehead atoms. The lowest BCUT2D eigenvalue weighted by molar-refractivity contribution is 0.100. The molecule has 3 aromatic heterocycles. The molecule has 2 aliphatic rings. The lowest BCUT2D eigenvalue weighted by Crippen LogP contribution is -2.34. The van der Waals surface area contributed by atoms with Gasteiger partial charge >= 0.3 is 0 Å². The zero-order chi connectivity index (χ0) is 32.0. The number of aromatic amines is 1. The first kappa shape index (κ1) is 31.3. The number of hydrogen-bond acceptors (Lipinski definition) is 8. The number of anilines is 3. The molecule has 5 aromatic rings. The largest absolute Gasteiger partial charge is 0.397 e. The van der Waals surface area contributed by atoms with Crippen molar-refractivity contribution in [2.75, 3.05) is 41.7 Å². The number of piperidine rings is 2. The predicted molar refractivity (Wildman–Crippen MR) is 190 cm³/mol. The van der Waals surface area contributed by atoms with Crippen molar-refractivity contribution in [2.24, 2.45) is 5.73 Å². The predicted octanol–water partition coefficient (Wildman–Crippen LogP) is 7.36. The van der Waals surface area contributed by atoms with Crippen LogP contribution in [0.15, 0.2) is 85.2 Å². The molecule has 5 N–H and O–H groups in total. The molecule has 0 aliphatic carbocycles. The van der Waals surface area contributed by atoms with Crippen LogP contribution in [0.4, 0.5) is 17.1 Å². The van der Waals surface area contributed by atoms with Crippen LogP contribution in [-0.4, -0.2) is 42.1 Å². The maximum atomic E-state index is 11.6. The van der Waals surface area contributed by atoms with Crippen LogP contribution in [0.2, 0.25) is 0 Å². The Bertz CT molecular complexity index is 1920. The van der Waals surface area contributed by atoms with Gasteiger partial charge in [0.1, 0.15) is 26.0 Å². The number of rotatable bonds is 5. The van der Waals surface area contributed by atoms with E-state index in [0.29, 0.717) is 32.6 Å². The van der Waals surface area contributed by atoms with Gasteiger partial charge in [-0.3, -0.25) is 4.79 Å². The number of nitrogens with zero attached hydrogens (tertiary/aromatic N) is 4. The van der Waals surface area contributed by atoms with Crippen LogP contribution in [0.3, 0.4) is 0 Å². The molecule has 0 radical (unpaired) electrons. The number of benzene rings is 2. The molecule has 7 rings (SSSR count). The number of nitrogens with two attached hydrogens (primary N) is 2. The average Bonchev–Trinajstić information content (AvgIpc) is 3.46. The SMILES string of the molecule is N#Cc1c(N2CCCC(c3ccccc3)C2)cc[nH]c1=S.NC(=O)c1sc2nccc(N3CCCC(c4ccccc4)C3)c2c1N. The van der Waals surface area contributed by atoms with E-state index in [1.165, 1.54) is 35.3 Å². The van der Waals surface area contributed by atoms with E-state index in [2.05, 4.69) is 74.4 Å². The Morgan fingerprint density at radius 2 is 1.50 bits per heavy atom. The number of nitriles is 1. The lowest BCUT2D eigenvalue weighted by Gasteiger charge is -2.35. The number of fused-ring (bicyclic) bond motifs is 1. The van der Waals surface area contributed by atoms with Crippen LogP contribution in [0.5, 0.6) is 0 Å². The Kier molecular flexibility index (Phi) is 9.62. The van der Waals surface area contributed by atoms with E-state index in [4.69, 9.17) is 23.7 Å². The maximum absolute atomic E-state index is 11.6. The first-order valence-corrected chi connectivity index (χ1v) is 16.9. The first-order chi connectivity index (χ1) is 22.4. The van der Waals surface area contributed by atoms with Crippen molar-refractivity contribution in [3.8, 4) is 6.07 Å². The van der Waals surface area contributed by atoms with Crippen LogP contribution >= 0.6 is 23.6 Å². The van der Waals surface area contributed by atoms with E-state index in [9.17, 15) is 10.1 Å². The fourth-order valence-electron chi connectivity index (χ4n) is 6.70. The Labute approximate surface area is 278 Å². The topological polar surface area (TPSA) is 128 Å². The number of thiophene rings is 1.